The van der Waals surface area contributed by atoms with E-state index in [0.717, 1.165) is 16.7 Å². The average Bonchev–Trinajstić information content (AvgIpc) is 2.71. The summed E-state index contributed by atoms with van der Waals surface area (Å²) in [7, 11) is 0. The van der Waals surface area contributed by atoms with Gasteiger partial charge in [0.25, 0.3) is 5.91 Å². The number of anilines is 1. The fraction of sp³-hybridized carbons (Fsp3) is 0.167. The highest BCUT2D eigenvalue weighted by Gasteiger charge is 2.15. The first-order valence-corrected chi connectivity index (χ1v) is 9.32. The van der Waals surface area contributed by atoms with Crippen molar-refractivity contribution in [3.63, 3.8) is 0 Å². The molecule has 5 heteroatoms. The lowest BCUT2D eigenvalue weighted by Gasteiger charge is -2.12. The second-order valence-electron chi connectivity index (χ2n) is 6.77. The lowest BCUT2D eigenvalue weighted by molar-refractivity contribution is -0.119. The zero-order valence-electron chi connectivity index (χ0n) is 16.5. The molecule has 0 radical (unpaired) electrons. The predicted octanol–water partition coefficient (Wildman–Crippen LogP) is 4.68. The molecule has 0 fully saturated rings. The number of amides is 1. The summed E-state index contributed by atoms with van der Waals surface area (Å²) >= 11 is 0. The van der Waals surface area contributed by atoms with Crippen LogP contribution in [0, 0.1) is 13.8 Å². The highest BCUT2D eigenvalue weighted by atomic mass is 16.5. The molecule has 29 heavy (non-hydrogen) atoms. The molecule has 0 aliphatic rings. The molecule has 0 aliphatic carbocycles. The third-order valence-corrected chi connectivity index (χ3v) is 4.22. The van der Waals surface area contributed by atoms with E-state index in [1.165, 1.54) is 0 Å². The number of rotatable bonds is 7. The number of hydrogen-bond donors (Lipinski definition) is 1. The van der Waals surface area contributed by atoms with Crippen molar-refractivity contribution in [3.05, 3.63) is 95.1 Å². The van der Waals surface area contributed by atoms with Crippen LogP contribution in [-0.2, 0) is 16.1 Å². The minimum Gasteiger partial charge on any atom is -0.488 e. The van der Waals surface area contributed by atoms with Gasteiger partial charge in [0.1, 0.15) is 17.9 Å². The second-order valence-corrected chi connectivity index (χ2v) is 6.77. The van der Waals surface area contributed by atoms with Crippen LogP contribution in [0.15, 0.2) is 72.8 Å². The van der Waals surface area contributed by atoms with Crippen LogP contribution in [0.3, 0.4) is 0 Å². The SMILES string of the molecule is Cc1cccc(COc2ccccc2C(=O)OCC(=O)Nc2cccc(C)c2)c1. The molecule has 0 heterocycles. The molecule has 0 saturated heterocycles. The number of carbonyl (C=O) groups is 2. The third kappa shape index (κ3) is 5.94. The van der Waals surface area contributed by atoms with Crippen LogP contribution in [0.25, 0.3) is 0 Å². The molecule has 1 amide bonds. The van der Waals surface area contributed by atoms with Crippen LogP contribution in [0.1, 0.15) is 27.0 Å². The maximum atomic E-state index is 12.5. The van der Waals surface area contributed by atoms with E-state index in [1.54, 1.807) is 30.3 Å². The Hall–Kier alpha value is -3.60. The Morgan fingerprint density at radius 3 is 2.34 bits per heavy atom. The topological polar surface area (TPSA) is 64.6 Å². The van der Waals surface area contributed by atoms with Gasteiger partial charge in [-0.05, 0) is 49.2 Å². The molecule has 0 bridgehead atoms. The van der Waals surface area contributed by atoms with Gasteiger partial charge in [0.05, 0.1) is 0 Å². The van der Waals surface area contributed by atoms with Gasteiger partial charge in [-0.2, -0.15) is 0 Å². The summed E-state index contributed by atoms with van der Waals surface area (Å²) in [4.78, 5) is 24.5. The number of ether oxygens (including phenoxy) is 2. The average molecular weight is 389 g/mol. The lowest BCUT2D eigenvalue weighted by Crippen LogP contribution is -2.21. The molecule has 3 aromatic carbocycles. The van der Waals surface area contributed by atoms with E-state index < -0.39 is 11.9 Å². The highest BCUT2D eigenvalue weighted by molar-refractivity contribution is 5.96. The van der Waals surface area contributed by atoms with Crippen molar-refractivity contribution in [2.24, 2.45) is 0 Å². The Morgan fingerprint density at radius 2 is 1.59 bits per heavy atom. The molecule has 0 atom stereocenters. The van der Waals surface area contributed by atoms with Crippen molar-refractivity contribution in [1.82, 2.24) is 0 Å². The number of nitrogens with one attached hydrogen (secondary N) is 1. The number of hydrogen-bond acceptors (Lipinski definition) is 4. The number of carbonyl (C=O) groups excluding carboxylic acids is 2. The van der Waals surface area contributed by atoms with Gasteiger partial charge in [0, 0.05) is 5.69 Å². The first-order valence-electron chi connectivity index (χ1n) is 9.32. The standard InChI is InChI=1S/C24H23NO4/c1-17-7-5-9-19(13-17)15-28-22-12-4-3-11-21(22)24(27)29-16-23(26)25-20-10-6-8-18(2)14-20/h3-14H,15-16H2,1-2H3,(H,25,26). The van der Waals surface area contributed by atoms with Crippen LogP contribution >= 0.6 is 0 Å². The highest BCUT2D eigenvalue weighted by Crippen LogP contribution is 2.21. The lowest BCUT2D eigenvalue weighted by atomic mass is 10.1. The van der Waals surface area contributed by atoms with Crippen molar-refractivity contribution in [1.29, 1.82) is 0 Å². The molecule has 5 nitrogen and oxygen atoms in total. The van der Waals surface area contributed by atoms with E-state index in [2.05, 4.69) is 5.32 Å². The summed E-state index contributed by atoms with van der Waals surface area (Å²) in [5.41, 5.74) is 4.11. The van der Waals surface area contributed by atoms with Gasteiger partial charge in [-0.3, -0.25) is 4.79 Å². The maximum Gasteiger partial charge on any atom is 0.342 e. The second kappa shape index (κ2) is 9.55. The third-order valence-electron chi connectivity index (χ3n) is 4.22. The summed E-state index contributed by atoms with van der Waals surface area (Å²) in [5.74, 6) is -0.593. The molecular formula is C24H23NO4. The summed E-state index contributed by atoms with van der Waals surface area (Å²) in [6.45, 7) is 3.90. The Kier molecular flexibility index (Phi) is 6.63. The Morgan fingerprint density at radius 1 is 0.862 bits per heavy atom. The minimum absolute atomic E-state index is 0.281. The predicted molar refractivity (Wildman–Crippen MR) is 112 cm³/mol. The van der Waals surface area contributed by atoms with E-state index >= 15 is 0 Å². The Balaban J connectivity index is 1.58. The fourth-order valence-corrected chi connectivity index (χ4v) is 2.85. The number of aryl methyl sites for hydroxylation is 2. The zero-order valence-corrected chi connectivity index (χ0v) is 16.5. The van der Waals surface area contributed by atoms with E-state index in [0.29, 0.717) is 18.0 Å². The van der Waals surface area contributed by atoms with Gasteiger partial charge in [-0.1, -0.05) is 54.1 Å². The first kappa shape index (κ1) is 20.1. The molecule has 3 aromatic rings. The van der Waals surface area contributed by atoms with E-state index in [9.17, 15) is 9.59 Å². The molecule has 0 unspecified atom stereocenters. The quantitative estimate of drug-likeness (QED) is 0.596. The maximum absolute atomic E-state index is 12.5. The molecule has 1 N–H and O–H groups in total. The fourth-order valence-electron chi connectivity index (χ4n) is 2.85. The monoisotopic (exact) mass is 389 g/mol. The zero-order chi connectivity index (χ0) is 20.6. The van der Waals surface area contributed by atoms with Gasteiger partial charge in [-0.15, -0.1) is 0 Å². The van der Waals surface area contributed by atoms with Crippen molar-refractivity contribution in [3.8, 4) is 5.75 Å². The van der Waals surface area contributed by atoms with Crippen molar-refractivity contribution < 1.29 is 19.1 Å². The van der Waals surface area contributed by atoms with Crippen LogP contribution in [-0.4, -0.2) is 18.5 Å². The van der Waals surface area contributed by atoms with Gasteiger partial charge in [0.2, 0.25) is 0 Å². The smallest absolute Gasteiger partial charge is 0.342 e. The molecule has 0 saturated carbocycles. The number of benzene rings is 3. The van der Waals surface area contributed by atoms with Gasteiger partial charge in [-0.25, -0.2) is 4.79 Å². The van der Waals surface area contributed by atoms with E-state index in [4.69, 9.17) is 9.47 Å². The number of para-hydroxylation sites is 1. The Labute approximate surface area is 170 Å². The summed E-state index contributed by atoms with van der Waals surface area (Å²) in [6, 6.07) is 22.2. The van der Waals surface area contributed by atoms with Crippen LogP contribution in [0.2, 0.25) is 0 Å². The first-order chi connectivity index (χ1) is 14.0. The minimum atomic E-state index is -0.607. The summed E-state index contributed by atoms with van der Waals surface area (Å²) in [6.07, 6.45) is 0. The van der Waals surface area contributed by atoms with Gasteiger partial charge >= 0.3 is 5.97 Å². The van der Waals surface area contributed by atoms with E-state index in [1.807, 2.05) is 56.3 Å². The Bertz CT molecular complexity index is 1010. The van der Waals surface area contributed by atoms with E-state index in [-0.39, 0.29) is 12.2 Å². The summed E-state index contributed by atoms with van der Waals surface area (Å²) < 4.78 is 11.0. The van der Waals surface area contributed by atoms with Crippen molar-refractivity contribution in [2.45, 2.75) is 20.5 Å². The van der Waals surface area contributed by atoms with Crippen molar-refractivity contribution >= 4 is 17.6 Å². The molecule has 0 aliphatic heterocycles. The molecular weight excluding hydrogens is 366 g/mol. The van der Waals surface area contributed by atoms with Crippen LogP contribution in [0.4, 0.5) is 5.69 Å². The largest absolute Gasteiger partial charge is 0.488 e. The normalized spacial score (nSPS) is 10.3. The van der Waals surface area contributed by atoms with Crippen LogP contribution in [0.5, 0.6) is 5.75 Å². The molecule has 148 valence electrons. The van der Waals surface area contributed by atoms with Crippen LogP contribution < -0.4 is 10.1 Å². The molecule has 3 rings (SSSR count). The summed E-state index contributed by atoms with van der Waals surface area (Å²) in [5, 5.41) is 2.71. The van der Waals surface area contributed by atoms with Gasteiger partial charge < -0.3 is 14.8 Å². The molecule has 0 aromatic heterocycles. The molecule has 0 spiro atoms. The van der Waals surface area contributed by atoms with Gasteiger partial charge in [0.15, 0.2) is 6.61 Å². The number of esters is 1. The van der Waals surface area contributed by atoms with Crippen molar-refractivity contribution in [2.75, 3.05) is 11.9 Å².